The number of halogens is 2. The second kappa shape index (κ2) is 10.2. The first-order chi connectivity index (χ1) is 13.1. The van der Waals surface area contributed by atoms with Crippen molar-refractivity contribution in [3.63, 3.8) is 0 Å². The van der Waals surface area contributed by atoms with E-state index in [0.29, 0.717) is 18.8 Å². The van der Waals surface area contributed by atoms with Crippen LogP contribution >= 0.6 is 15.9 Å². The maximum Gasteiger partial charge on any atom is 0.133 e. The van der Waals surface area contributed by atoms with E-state index in [1.807, 2.05) is 24.3 Å². The molecule has 0 aliphatic carbocycles. The molecule has 2 aromatic carbocycles. The Bertz CT molecular complexity index is 707. The summed E-state index contributed by atoms with van der Waals surface area (Å²) in [6.45, 7) is 2.83. The van der Waals surface area contributed by atoms with Crippen molar-refractivity contribution < 1.29 is 19.0 Å². The molecule has 4 nitrogen and oxygen atoms in total. The number of hydrogen-bond acceptors (Lipinski definition) is 4. The highest BCUT2D eigenvalue weighted by Gasteiger charge is 2.21. The van der Waals surface area contributed by atoms with E-state index in [0.717, 1.165) is 36.0 Å². The van der Waals surface area contributed by atoms with Crippen molar-refractivity contribution in [2.24, 2.45) is 0 Å². The largest absolute Gasteiger partial charge is 0.490 e. The number of para-hydroxylation sites is 1. The van der Waals surface area contributed by atoms with E-state index in [1.165, 1.54) is 12.1 Å². The molecule has 0 radical (unpaired) electrons. The van der Waals surface area contributed by atoms with Gasteiger partial charge in [-0.05, 0) is 58.6 Å². The molecule has 1 heterocycles. The molecule has 6 heteroatoms. The standard InChI is InChI=1S/C21H25BrFNO3/c22-20-5-1-2-6-21(20)27-15-18(25)13-24(14-19-4-3-11-26-19)12-16-7-9-17(23)10-8-16/h1-2,5-10,18-19,25H,3-4,11-15H2. The van der Waals surface area contributed by atoms with Gasteiger partial charge < -0.3 is 14.6 Å². The van der Waals surface area contributed by atoms with Crippen LogP contribution in [0.15, 0.2) is 53.0 Å². The summed E-state index contributed by atoms with van der Waals surface area (Å²) in [6.07, 6.45) is 1.65. The zero-order chi connectivity index (χ0) is 19.1. The molecule has 1 N–H and O–H groups in total. The van der Waals surface area contributed by atoms with Crippen LogP contribution in [0.25, 0.3) is 0 Å². The van der Waals surface area contributed by atoms with Crippen LogP contribution in [0.3, 0.4) is 0 Å². The second-order valence-corrected chi connectivity index (χ2v) is 7.71. The highest BCUT2D eigenvalue weighted by Crippen LogP contribution is 2.24. The van der Waals surface area contributed by atoms with Gasteiger partial charge in [0.25, 0.3) is 0 Å². The molecule has 1 fully saturated rings. The van der Waals surface area contributed by atoms with E-state index < -0.39 is 6.10 Å². The van der Waals surface area contributed by atoms with Gasteiger partial charge in [0.05, 0.1) is 10.6 Å². The third-order valence-corrected chi connectivity index (χ3v) is 5.20. The first kappa shape index (κ1) is 20.3. The van der Waals surface area contributed by atoms with Crippen molar-refractivity contribution in [1.29, 1.82) is 0 Å². The third-order valence-electron chi connectivity index (χ3n) is 4.54. The Morgan fingerprint density at radius 3 is 2.70 bits per heavy atom. The quantitative estimate of drug-likeness (QED) is 0.643. The predicted molar refractivity (Wildman–Crippen MR) is 106 cm³/mol. The highest BCUT2D eigenvalue weighted by atomic mass is 79.9. The van der Waals surface area contributed by atoms with Gasteiger partial charge >= 0.3 is 0 Å². The van der Waals surface area contributed by atoms with Crippen molar-refractivity contribution in [3.05, 3.63) is 64.4 Å². The predicted octanol–water partition coefficient (Wildman–Crippen LogP) is 4.01. The summed E-state index contributed by atoms with van der Waals surface area (Å²) < 4.78 is 25.5. The van der Waals surface area contributed by atoms with E-state index >= 15 is 0 Å². The van der Waals surface area contributed by atoms with Crippen LogP contribution in [-0.2, 0) is 11.3 Å². The van der Waals surface area contributed by atoms with Gasteiger partial charge in [-0.1, -0.05) is 24.3 Å². The lowest BCUT2D eigenvalue weighted by Crippen LogP contribution is -2.39. The molecular formula is C21H25BrFNO3. The molecule has 146 valence electrons. The number of hydrogen-bond donors (Lipinski definition) is 1. The number of ether oxygens (including phenoxy) is 2. The van der Waals surface area contributed by atoms with Crippen molar-refractivity contribution in [1.82, 2.24) is 4.90 Å². The number of aliphatic hydroxyl groups is 1. The van der Waals surface area contributed by atoms with Crippen LogP contribution in [0, 0.1) is 5.82 Å². The van der Waals surface area contributed by atoms with Crippen LogP contribution in [0.5, 0.6) is 5.75 Å². The average molecular weight is 438 g/mol. The maximum atomic E-state index is 13.2. The fraction of sp³-hybridized carbons (Fsp3) is 0.429. The van der Waals surface area contributed by atoms with Gasteiger partial charge in [-0.25, -0.2) is 4.39 Å². The van der Waals surface area contributed by atoms with Gasteiger partial charge in [-0.2, -0.15) is 0 Å². The zero-order valence-corrected chi connectivity index (χ0v) is 16.8. The van der Waals surface area contributed by atoms with Crippen molar-refractivity contribution in [2.75, 3.05) is 26.3 Å². The van der Waals surface area contributed by atoms with Gasteiger partial charge in [0.1, 0.15) is 24.3 Å². The SMILES string of the molecule is OC(COc1ccccc1Br)CN(Cc1ccc(F)cc1)CC1CCCO1. The summed E-state index contributed by atoms with van der Waals surface area (Å²) in [6, 6.07) is 14.1. The van der Waals surface area contributed by atoms with E-state index in [1.54, 1.807) is 12.1 Å². The number of benzene rings is 2. The van der Waals surface area contributed by atoms with Crippen LogP contribution in [0.1, 0.15) is 18.4 Å². The Labute approximate surface area is 168 Å². The van der Waals surface area contributed by atoms with Crippen LogP contribution in [0.2, 0.25) is 0 Å². The molecular weight excluding hydrogens is 413 g/mol. The highest BCUT2D eigenvalue weighted by molar-refractivity contribution is 9.10. The monoisotopic (exact) mass is 437 g/mol. The molecule has 27 heavy (non-hydrogen) atoms. The summed E-state index contributed by atoms with van der Waals surface area (Å²) in [7, 11) is 0. The summed E-state index contributed by atoms with van der Waals surface area (Å²) in [5.41, 5.74) is 1.01. The molecule has 0 bridgehead atoms. The van der Waals surface area contributed by atoms with Crippen LogP contribution in [0.4, 0.5) is 4.39 Å². The molecule has 1 aliphatic heterocycles. The lowest BCUT2D eigenvalue weighted by atomic mass is 10.1. The van der Waals surface area contributed by atoms with Gasteiger partial charge in [-0.15, -0.1) is 0 Å². The first-order valence-electron chi connectivity index (χ1n) is 9.24. The Hall–Kier alpha value is -1.47. The fourth-order valence-electron chi connectivity index (χ4n) is 3.23. The van der Waals surface area contributed by atoms with Gasteiger partial charge in [0, 0.05) is 26.2 Å². The third kappa shape index (κ3) is 6.57. The van der Waals surface area contributed by atoms with Crippen molar-refractivity contribution in [3.8, 4) is 5.75 Å². The van der Waals surface area contributed by atoms with Crippen LogP contribution in [-0.4, -0.2) is 48.5 Å². The fourth-order valence-corrected chi connectivity index (χ4v) is 3.63. The van der Waals surface area contributed by atoms with Gasteiger partial charge in [0.2, 0.25) is 0 Å². The minimum absolute atomic E-state index is 0.182. The van der Waals surface area contributed by atoms with Gasteiger partial charge in [-0.3, -0.25) is 4.90 Å². The summed E-state index contributed by atoms with van der Waals surface area (Å²) in [5.74, 6) is 0.465. The van der Waals surface area contributed by atoms with E-state index in [2.05, 4.69) is 20.8 Å². The molecule has 1 aliphatic rings. The molecule has 0 spiro atoms. The summed E-state index contributed by atoms with van der Waals surface area (Å²) in [4.78, 5) is 2.15. The smallest absolute Gasteiger partial charge is 0.133 e. The molecule has 0 saturated carbocycles. The topological polar surface area (TPSA) is 41.9 Å². The molecule has 0 amide bonds. The Balaban J connectivity index is 1.57. The molecule has 1 saturated heterocycles. The van der Waals surface area contributed by atoms with E-state index in [-0.39, 0.29) is 18.5 Å². The average Bonchev–Trinajstić information content (AvgIpc) is 3.16. The van der Waals surface area contributed by atoms with E-state index in [9.17, 15) is 9.50 Å². The maximum absolute atomic E-state index is 13.2. The lowest BCUT2D eigenvalue weighted by Gasteiger charge is -2.27. The first-order valence-corrected chi connectivity index (χ1v) is 10.0. The molecule has 0 aromatic heterocycles. The number of aliphatic hydroxyl groups excluding tert-OH is 1. The van der Waals surface area contributed by atoms with Crippen LogP contribution < -0.4 is 4.74 Å². The van der Waals surface area contributed by atoms with Crippen molar-refractivity contribution >= 4 is 15.9 Å². The minimum Gasteiger partial charge on any atom is -0.490 e. The number of nitrogens with zero attached hydrogens (tertiary/aromatic N) is 1. The Kier molecular flexibility index (Phi) is 7.64. The molecule has 2 atom stereocenters. The summed E-state index contributed by atoms with van der Waals surface area (Å²) >= 11 is 3.44. The Morgan fingerprint density at radius 1 is 1.22 bits per heavy atom. The Morgan fingerprint density at radius 2 is 2.00 bits per heavy atom. The second-order valence-electron chi connectivity index (χ2n) is 6.85. The molecule has 2 aromatic rings. The number of rotatable bonds is 9. The molecule has 2 unspecified atom stereocenters. The molecule has 3 rings (SSSR count). The normalized spacial score (nSPS) is 18.0. The van der Waals surface area contributed by atoms with Crippen molar-refractivity contribution in [2.45, 2.75) is 31.6 Å². The lowest BCUT2D eigenvalue weighted by molar-refractivity contribution is 0.0312. The minimum atomic E-state index is -0.640. The summed E-state index contributed by atoms with van der Waals surface area (Å²) in [5, 5.41) is 10.5. The zero-order valence-electron chi connectivity index (χ0n) is 15.2. The van der Waals surface area contributed by atoms with Gasteiger partial charge in [0.15, 0.2) is 0 Å². The van der Waals surface area contributed by atoms with E-state index in [4.69, 9.17) is 9.47 Å².